The molecule has 6 nitrogen and oxygen atoms in total. The second kappa shape index (κ2) is 6.88. The van der Waals surface area contributed by atoms with Crippen molar-refractivity contribution in [1.29, 1.82) is 0 Å². The van der Waals surface area contributed by atoms with Gasteiger partial charge >= 0.3 is 0 Å². The molecule has 0 unspecified atom stereocenters. The Morgan fingerprint density at radius 3 is 2.77 bits per heavy atom. The average molecular weight is 310 g/mol. The molecule has 0 bridgehead atoms. The van der Waals surface area contributed by atoms with Gasteiger partial charge in [0.2, 0.25) is 5.95 Å². The largest absolute Gasteiger partial charge is 0.493 e. The number of nitrogen functional groups attached to an aromatic ring is 1. The molecule has 0 amide bonds. The SMILES string of the molecule is COc1cc(C=Nn2cc(C)nc2N)ccc1OCC(F)F. The summed E-state index contributed by atoms with van der Waals surface area (Å²) in [5.74, 6) is 0.870. The van der Waals surface area contributed by atoms with Gasteiger partial charge in [-0.15, -0.1) is 0 Å². The summed E-state index contributed by atoms with van der Waals surface area (Å²) >= 11 is 0. The van der Waals surface area contributed by atoms with E-state index in [0.717, 1.165) is 5.69 Å². The molecule has 0 saturated carbocycles. The second-order valence-electron chi connectivity index (χ2n) is 4.44. The van der Waals surface area contributed by atoms with E-state index in [1.165, 1.54) is 11.8 Å². The van der Waals surface area contributed by atoms with Gasteiger partial charge in [-0.1, -0.05) is 0 Å². The van der Waals surface area contributed by atoms with Gasteiger partial charge < -0.3 is 15.2 Å². The Bertz CT molecular complexity index is 671. The van der Waals surface area contributed by atoms with Gasteiger partial charge in [0.25, 0.3) is 6.43 Å². The van der Waals surface area contributed by atoms with Crippen molar-refractivity contribution in [3.63, 3.8) is 0 Å². The minimum absolute atomic E-state index is 0.248. The number of ether oxygens (including phenoxy) is 2. The normalized spacial score (nSPS) is 11.3. The zero-order valence-electron chi connectivity index (χ0n) is 12.2. The standard InChI is InChI=1S/C14H16F2N4O2/c1-9-7-20(14(17)19-9)18-6-10-3-4-11(12(5-10)21-2)22-8-13(15)16/h3-7,13H,8H2,1-2H3,(H2,17,19). The van der Waals surface area contributed by atoms with Gasteiger partial charge in [0, 0.05) is 0 Å². The second-order valence-corrected chi connectivity index (χ2v) is 4.44. The maximum atomic E-state index is 12.2. The monoisotopic (exact) mass is 310 g/mol. The fourth-order valence-corrected chi connectivity index (χ4v) is 1.76. The Morgan fingerprint density at radius 2 is 2.18 bits per heavy atom. The van der Waals surface area contributed by atoms with Crippen LogP contribution in [-0.2, 0) is 0 Å². The number of aromatic nitrogens is 2. The highest BCUT2D eigenvalue weighted by atomic mass is 19.3. The predicted molar refractivity (Wildman–Crippen MR) is 78.9 cm³/mol. The summed E-state index contributed by atoms with van der Waals surface area (Å²) in [5, 5.41) is 4.16. The number of benzene rings is 1. The maximum Gasteiger partial charge on any atom is 0.272 e. The number of methoxy groups -OCH3 is 1. The minimum atomic E-state index is -2.54. The highest BCUT2D eigenvalue weighted by Crippen LogP contribution is 2.27. The molecule has 2 N–H and O–H groups in total. The van der Waals surface area contributed by atoms with Gasteiger partial charge in [-0.05, 0) is 30.7 Å². The summed E-state index contributed by atoms with van der Waals surface area (Å²) in [6.07, 6.45) is 0.693. The molecule has 0 saturated heterocycles. The van der Waals surface area contributed by atoms with Crippen LogP contribution in [0.5, 0.6) is 11.5 Å². The zero-order valence-corrected chi connectivity index (χ0v) is 12.2. The minimum Gasteiger partial charge on any atom is -0.493 e. The lowest BCUT2D eigenvalue weighted by atomic mass is 10.2. The number of hydrogen-bond donors (Lipinski definition) is 1. The number of halogens is 2. The fraction of sp³-hybridized carbons (Fsp3) is 0.286. The van der Waals surface area contributed by atoms with E-state index in [-0.39, 0.29) is 11.7 Å². The van der Waals surface area contributed by atoms with Crippen LogP contribution in [0.2, 0.25) is 0 Å². The quantitative estimate of drug-likeness (QED) is 0.831. The van der Waals surface area contributed by atoms with E-state index in [2.05, 4.69) is 10.1 Å². The first kappa shape index (κ1) is 15.7. The summed E-state index contributed by atoms with van der Waals surface area (Å²) in [6.45, 7) is 1.12. The van der Waals surface area contributed by atoms with E-state index in [1.54, 1.807) is 37.5 Å². The van der Waals surface area contributed by atoms with Crippen molar-refractivity contribution < 1.29 is 18.3 Å². The number of anilines is 1. The van der Waals surface area contributed by atoms with Crippen LogP contribution in [0.4, 0.5) is 14.7 Å². The first-order valence-corrected chi connectivity index (χ1v) is 6.44. The van der Waals surface area contributed by atoms with Gasteiger partial charge in [0.15, 0.2) is 11.5 Å². The number of nitrogens with zero attached hydrogens (tertiary/aromatic N) is 3. The molecule has 0 aliphatic rings. The molecule has 0 spiro atoms. The lowest BCUT2D eigenvalue weighted by molar-refractivity contribution is 0.0804. The molecule has 1 aromatic heterocycles. The Labute approximate surface area is 126 Å². The number of rotatable bonds is 6. The van der Waals surface area contributed by atoms with Crippen LogP contribution < -0.4 is 15.2 Å². The van der Waals surface area contributed by atoms with Crippen LogP contribution in [0.15, 0.2) is 29.5 Å². The van der Waals surface area contributed by atoms with Crippen molar-refractivity contribution in [1.82, 2.24) is 9.66 Å². The topological polar surface area (TPSA) is 74.7 Å². The van der Waals surface area contributed by atoms with Gasteiger partial charge in [-0.2, -0.15) is 5.10 Å². The molecule has 118 valence electrons. The number of nitrogens with two attached hydrogens (primary N) is 1. The van der Waals surface area contributed by atoms with E-state index < -0.39 is 13.0 Å². The zero-order chi connectivity index (χ0) is 16.1. The fourth-order valence-electron chi connectivity index (χ4n) is 1.76. The van der Waals surface area contributed by atoms with E-state index in [4.69, 9.17) is 15.2 Å². The Hall–Kier alpha value is -2.64. The highest BCUT2D eigenvalue weighted by molar-refractivity contribution is 5.81. The summed E-state index contributed by atoms with van der Waals surface area (Å²) in [6, 6.07) is 4.85. The third-order valence-corrected chi connectivity index (χ3v) is 2.72. The molecule has 0 radical (unpaired) electrons. The molecule has 0 aliphatic heterocycles. The van der Waals surface area contributed by atoms with Gasteiger partial charge in [0.05, 0.1) is 25.2 Å². The van der Waals surface area contributed by atoms with Crippen LogP contribution in [0.3, 0.4) is 0 Å². The first-order valence-electron chi connectivity index (χ1n) is 6.44. The summed E-state index contributed by atoms with van der Waals surface area (Å²) in [7, 11) is 1.43. The summed E-state index contributed by atoms with van der Waals surface area (Å²) in [4.78, 5) is 4.02. The average Bonchev–Trinajstić information content (AvgIpc) is 2.81. The van der Waals surface area contributed by atoms with Crippen molar-refractivity contribution in [2.75, 3.05) is 19.5 Å². The summed E-state index contributed by atoms with van der Waals surface area (Å²) in [5.41, 5.74) is 7.13. The summed E-state index contributed by atoms with van der Waals surface area (Å²) < 4.78 is 35.9. The van der Waals surface area contributed by atoms with E-state index in [0.29, 0.717) is 11.3 Å². The van der Waals surface area contributed by atoms with Crippen LogP contribution in [-0.4, -0.2) is 36.0 Å². The molecule has 8 heteroatoms. The lowest BCUT2D eigenvalue weighted by Crippen LogP contribution is -2.07. The Balaban J connectivity index is 2.17. The third kappa shape index (κ3) is 3.94. The van der Waals surface area contributed by atoms with Crippen molar-refractivity contribution >= 4 is 12.2 Å². The predicted octanol–water partition coefficient (Wildman–Crippen LogP) is 2.31. The Kier molecular flexibility index (Phi) is 4.92. The number of alkyl halides is 2. The number of imidazole rings is 1. The van der Waals surface area contributed by atoms with E-state index in [9.17, 15) is 8.78 Å². The lowest BCUT2D eigenvalue weighted by Gasteiger charge is -2.10. The number of hydrogen-bond acceptors (Lipinski definition) is 5. The van der Waals surface area contributed by atoms with E-state index in [1.807, 2.05) is 0 Å². The van der Waals surface area contributed by atoms with E-state index >= 15 is 0 Å². The van der Waals surface area contributed by atoms with Gasteiger partial charge in [0.1, 0.15) is 6.61 Å². The molecule has 1 heterocycles. The molecule has 0 aliphatic carbocycles. The van der Waals surface area contributed by atoms with Crippen LogP contribution in [0, 0.1) is 6.92 Å². The highest BCUT2D eigenvalue weighted by Gasteiger charge is 2.09. The molecular weight excluding hydrogens is 294 g/mol. The molecule has 2 aromatic rings. The molecule has 0 atom stereocenters. The number of aryl methyl sites for hydroxylation is 1. The van der Waals surface area contributed by atoms with Crippen LogP contribution >= 0.6 is 0 Å². The van der Waals surface area contributed by atoms with Crippen LogP contribution in [0.1, 0.15) is 11.3 Å². The maximum absolute atomic E-state index is 12.2. The molecule has 2 rings (SSSR count). The Morgan fingerprint density at radius 1 is 1.41 bits per heavy atom. The smallest absolute Gasteiger partial charge is 0.272 e. The molecular formula is C14H16F2N4O2. The van der Waals surface area contributed by atoms with Crippen LogP contribution in [0.25, 0.3) is 0 Å². The van der Waals surface area contributed by atoms with Gasteiger partial charge in [-0.25, -0.2) is 18.4 Å². The van der Waals surface area contributed by atoms with Crippen molar-refractivity contribution in [2.45, 2.75) is 13.3 Å². The molecule has 1 aromatic carbocycles. The van der Waals surface area contributed by atoms with Crippen molar-refractivity contribution in [3.05, 3.63) is 35.7 Å². The van der Waals surface area contributed by atoms with Gasteiger partial charge in [-0.3, -0.25) is 0 Å². The molecule has 0 fully saturated rings. The molecule has 22 heavy (non-hydrogen) atoms. The van der Waals surface area contributed by atoms with Crippen molar-refractivity contribution in [3.8, 4) is 11.5 Å². The first-order chi connectivity index (χ1) is 10.5. The third-order valence-electron chi connectivity index (χ3n) is 2.72. The van der Waals surface area contributed by atoms with Crippen molar-refractivity contribution in [2.24, 2.45) is 5.10 Å².